The van der Waals surface area contributed by atoms with Gasteiger partial charge in [0.05, 0.1) is 0 Å². The van der Waals surface area contributed by atoms with Crippen LogP contribution in [0.15, 0.2) is 24.3 Å². The molecule has 0 unspecified atom stereocenters. The molecule has 5 nitrogen and oxygen atoms in total. The Balaban J connectivity index is 2.41. The smallest absolute Gasteiger partial charge is 0.325 e. The van der Waals surface area contributed by atoms with Crippen LogP contribution in [0.2, 0.25) is 0 Å². The fourth-order valence-electron chi connectivity index (χ4n) is 1.31. The quantitative estimate of drug-likeness (QED) is 0.736. The molecule has 0 heterocycles. The van der Waals surface area contributed by atoms with Crippen molar-refractivity contribution < 1.29 is 14.7 Å². The number of rotatable bonds is 4. The number of urea groups is 1. The number of benzene rings is 1. The molecule has 0 fully saturated rings. The van der Waals surface area contributed by atoms with E-state index in [-0.39, 0.29) is 0 Å². The van der Waals surface area contributed by atoms with Crippen LogP contribution < -0.4 is 10.6 Å². The first-order valence-electron chi connectivity index (χ1n) is 5.32. The zero-order valence-electron chi connectivity index (χ0n) is 9.86. The number of carboxylic acids is 1. The van der Waals surface area contributed by atoms with Gasteiger partial charge in [0, 0.05) is 6.54 Å². The normalized spacial score (nSPS) is 11.6. The molecule has 0 spiro atoms. The van der Waals surface area contributed by atoms with Crippen LogP contribution in [0.4, 0.5) is 4.79 Å². The Kier molecular flexibility index (Phi) is 4.51. The van der Waals surface area contributed by atoms with Crippen molar-refractivity contribution >= 4 is 12.0 Å². The van der Waals surface area contributed by atoms with E-state index in [1.807, 2.05) is 31.2 Å². The van der Waals surface area contributed by atoms with Gasteiger partial charge in [0.1, 0.15) is 6.04 Å². The molecule has 0 aliphatic rings. The highest BCUT2D eigenvalue weighted by molar-refractivity contribution is 5.82. The Labute approximate surface area is 99.8 Å². The van der Waals surface area contributed by atoms with Gasteiger partial charge in [-0.3, -0.25) is 4.79 Å². The van der Waals surface area contributed by atoms with Gasteiger partial charge in [-0.2, -0.15) is 0 Å². The average molecular weight is 236 g/mol. The Morgan fingerprint density at radius 2 is 2.12 bits per heavy atom. The lowest BCUT2D eigenvalue weighted by molar-refractivity contribution is -0.138. The molecule has 2 amide bonds. The van der Waals surface area contributed by atoms with Crippen molar-refractivity contribution in [1.29, 1.82) is 0 Å². The topological polar surface area (TPSA) is 78.4 Å². The van der Waals surface area contributed by atoms with E-state index in [0.29, 0.717) is 6.54 Å². The molecule has 92 valence electrons. The molecule has 1 aromatic rings. The summed E-state index contributed by atoms with van der Waals surface area (Å²) < 4.78 is 0. The van der Waals surface area contributed by atoms with Crippen molar-refractivity contribution in [3.05, 3.63) is 35.4 Å². The van der Waals surface area contributed by atoms with Gasteiger partial charge in [0.15, 0.2) is 0 Å². The molecular weight excluding hydrogens is 220 g/mol. The van der Waals surface area contributed by atoms with Crippen molar-refractivity contribution in [1.82, 2.24) is 10.6 Å². The van der Waals surface area contributed by atoms with E-state index >= 15 is 0 Å². The SMILES string of the molecule is Cc1cccc(CNC(=O)N[C@H](C)C(=O)O)c1. The molecule has 0 aliphatic carbocycles. The fourth-order valence-corrected chi connectivity index (χ4v) is 1.31. The molecular formula is C12H16N2O3. The summed E-state index contributed by atoms with van der Waals surface area (Å²) in [5.74, 6) is -1.06. The van der Waals surface area contributed by atoms with Crippen molar-refractivity contribution in [3.63, 3.8) is 0 Å². The van der Waals surface area contributed by atoms with E-state index in [1.54, 1.807) is 0 Å². The Morgan fingerprint density at radius 3 is 2.71 bits per heavy atom. The maximum atomic E-state index is 11.3. The Morgan fingerprint density at radius 1 is 1.41 bits per heavy atom. The van der Waals surface area contributed by atoms with Gasteiger partial charge in [-0.1, -0.05) is 29.8 Å². The number of hydrogen-bond donors (Lipinski definition) is 3. The molecule has 0 saturated carbocycles. The second kappa shape index (κ2) is 5.89. The third kappa shape index (κ3) is 4.55. The van der Waals surface area contributed by atoms with E-state index < -0.39 is 18.0 Å². The van der Waals surface area contributed by atoms with Crippen molar-refractivity contribution in [2.45, 2.75) is 26.4 Å². The molecule has 17 heavy (non-hydrogen) atoms. The summed E-state index contributed by atoms with van der Waals surface area (Å²) >= 11 is 0. The fraction of sp³-hybridized carbons (Fsp3) is 0.333. The molecule has 0 aliphatic heterocycles. The molecule has 3 N–H and O–H groups in total. The minimum atomic E-state index is -1.06. The standard InChI is InChI=1S/C12H16N2O3/c1-8-4-3-5-10(6-8)7-13-12(17)14-9(2)11(15)16/h3-6,9H,7H2,1-2H3,(H,15,16)(H2,13,14,17)/t9-/m1/s1. The zero-order chi connectivity index (χ0) is 12.8. The lowest BCUT2D eigenvalue weighted by Gasteiger charge is -2.10. The molecule has 0 saturated heterocycles. The highest BCUT2D eigenvalue weighted by atomic mass is 16.4. The van der Waals surface area contributed by atoms with Crippen LogP contribution in [0.3, 0.4) is 0 Å². The molecule has 1 rings (SSSR count). The van der Waals surface area contributed by atoms with E-state index in [0.717, 1.165) is 11.1 Å². The highest BCUT2D eigenvalue weighted by Crippen LogP contribution is 2.02. The number of aryl methyl sites for hydroxylation is 1. The van der Waals surface area contributed by atoms with Crippen LogP contribution in [0.5, 0.6) is 0 Å². The summed E-state index contributed by atoms with van der Waals surface area (Å²) in [5, 5.41) is 13.5. The summed E-state index contributed by atoms with van der Waals surface area (Å²) in [5.41, 5.74) is 2.09. The van der Waals surface area contributed by atoms with E-state index in [2.05, 4.69) is 10.6 Å². The maximum Gasteiger partial charge on any atom is 0.325 e. The zero-order valence-corrected chi connectivity index (χ0v) is 9.86. The third-order valence-corrected chi connectivity index (χ3v) is 2.25. The first-order chi connectivity index (χ1) is 7.99. The minimum absolute atomic E-state index is 0.375. The molecule has 0 bridgehead atoms. The van der Waals surface area contributed by atoms with Gasteiger partial charge in [-0.05, 0) is 19.4 Å². The molecule has 1 atom stereocenters. The van der Waals surface area contributed by atoms with Crippen molar-refractivity contribution in [3.8, 4) is 0 Å². The predicted octanol–water partition coefficient (Wildman–Crippen LogP) is 1.27. The van der Waals surface area contributed by atoms with E-state index in [1.165, 1.54) is 6.92 Å². The van der Waals surface area contributed by atoms with Gasteiger partial charge >= 0.3 is 12.0 Å². The average Bonchev–Trinajstić information content (AvgIpc) is 2.26. The predicted molar refractivity (Wildman–Crippen MR) is 63.6 cm³/mol. The van der Waals surface area contributed by atoms with E-state index in [9.17, 15) is 9.59 Å². The second-order valence-electron chi connectivity index (χ2n) is 3.88. The Hall–Kier alpha value is -2.04. The first-order valence-corrected chi connectivity index (χ1v) is 5.32. The summed E-state index contributed by atoms with van der Waals surface area (Å²) in [6.07, 6.45) is 0. The minimum Gasteiger partial charge on any atom is -0.480 e. The monoisotopic (exact) mass is 236 g/mol. The number of amides is 2. The summed E-state index contributed by atoms with van der Waals surface area (Å²) in [6.45, 7) is 3.75. The Bertz CT molecular complexity index is 418. The van der Waals surface area contributed by atoms with Gasteiger partial charge < -0.3 is 15.7 Å². The lowest BCUT2D eigenvalue weighted by atomic mass is 10.1. The number of hydrogen-bond acceptors (Lipinski definition) is 2. The van der Waals surface area contributed by atoms with Crippen LogP contribution in [-0.4, -0.2) is 23.1 Å². The molecule has 5 heteroatoms. The summed E-state index contributed by atoms with van der Waals surface area (Å²) in [4.78, 5) is 21.8. The van der Waals surface area contributed by atoms with Crippen molar-refractivity contribution in [2.24, 2.45) is 0 Å². The van der Waals surface area contributed by atoms with Crippen LogP contribution >= 0.6 is 0 Å². The van der Waals surface area contributed by atoms with Gasteiger partial charge in [-0.25, -0.2) is 4.79 Å². The number of carboxylic acid groups (broad SMARTS) is 1. The lowest BCUT2D eigenvalue weighted by Crippen LogP contribution is -2.44. The number of nitrogens with one attached hydrogen (secondary N) is 2. The van der Waals surface area contributed by atoms with Gasteiger partial charge in [0.2, 0.25) is 0 Å². The highest BCUT2D eigenvalue weighted by Gasteiger charge is 2.12. The van der Waals surface area contributed by atoms with E-state index in [4.69, 9.17) is 5.11 Å². The van der Waals surface area contributed by atoms with Crippen LogP contribution in [-0.2, 0) is 11.3 Å². The summed E-state index contributed by atoms with van der Waals surface area (Å²) in [6, 6.07) is 6.35. The molecule has 1 aromatic carbocycles. The third-order valence-electron chi connectivity index (χ3n) is 2.25. The number of carbonyl (C=O) groups excluding carboxylic acids is 1. The largest absolute Gasteiger partial charge is 0.480 e. The first kappa shape index (κ1) is 13.0. The number of carbonyl (C=O) groups is 2. The molecule has 0 radical (unpaired) electrons. The maximum absolute atomic E-state index is 11.3. The van der Waals surface area contributed by atoms with Crippen LogP contribution in [0, 0.1) is 6.92 Å². The molecule has 0 aromatic heterocycles. The number of aliphatic carboxylic acids is 1. The van der Waals surface area contributed by atoms with Gasteiger partial charge in [-0.15, -0.1) is 0 Å². The van der Waals surface area contributed by atoms with Gasteiger partial charge in [0.25, 0.3) is 0 Å². The van der Waals surface area contributed by atoms with Crippen LogP contribution in [0.25, 0.3) is 0 Å². The second-order valence-corrected chi connectivity index (χ2v) is 3.88. The van der Waals surface area contributed by atoms with Crippen LogP contribution in [0.1, 0.15) is 18.1 Å². The summed E-state index contributed by atoms with van der Waals surface area (Å²) in [7, 11) is 0. The van der Waals surface area contributed by atoms with Crippen molar-refractivity contribution in [2.75, 3.05) is 0 Å².